The van der Waals surface area contributed by atoms with Crippen molar-refractivity contribution < 1.29 is 9.59 Å². The average Bonchev–Trinajstić information content (AvgIpc) is 2.25. The van der Waals surface area contributed by atoms with Gasteiger partial charge in [0.2, 0.25) is 11.8 Å². The van der Waals surface area contributed by atoms with Crippen molar-refractivity contribution in [3.8, 4) is 0 Å². The molecule has 0 spiro atoms. The van der Waals surface area contributed by atoms with Gasteiger partial charge in [0.05, 0.1) is 0 Å². The number of rotatable bonds is 6. The van der Waals surface area contributed by atoms with Crippen molar-refractivity contribution in [2.24, 2.45) is 0 Å². The first kappa shape index (κ1) is 15.3. The second-order valence-electron chi connectivity index (χ2n) is 4.19. The highest BCUT2D eigenvalue weighted by molar-refractivity contribution is 7.80. The third kappa shape index (κ3) is 4.88. The molecule has 0 aromatic heterocycles. The zero-order valence-electron chi connectivity index (χ0n) is 10.5. The maximum absolute atomic E-state index is 11.9. The van der Waals surface area contributed by atoms with Crippen molar-refractivity contribution in [1.82, 2.24) is 10.6 Å². The highest BCUT2D eigenvalue weighted by Crippen LogP contribution is 2.13. The number of hydrogen-bond acceptors (Lipinski definition) is 3. The highest BCUT2D eigenvalue weighted by atomic mass is 32.1. The van der Waals surface area contributed by atoms with E-state index < -0.39 is 6.04 Å². The smallest absolute Gasteiger partial charge is 0.243 e. The van der Waals surface area contributed by atoms with Crippen LogP contribution in [-0.2, 0) is 9.59 Å². The van der Waals surface area contributed by atoms with Gasteiger partial charge in [0, 0.05) is 18.2 Å². The number of carbonyl (C=O) groups is 2. The van der Waals surface area contributed by atoms with E-state index in [-0.39, 0.29) is 17.4 Å². The molecule has 0 rings (SSSR count). The van der Waals surface area contributed by atoms with E-state index in [4.69, 9.17) is 0 Å². The van der Waals surface area contributed by atoms with E-state index in [9.17, 15) is 9.59 Å². The number of hydrogen-bond donors (Lipinski definition) is 3. The fraction of sp³-hybridized carbons (Fsp3) is 0.818. The molecular formula is C11H22N2O2S. The molecule has 0 aliphatic carbocycles. The van der Waals surface area contributed by atoms with Crippen LogP contribution in [0.1, 0.15) is 40.5 Å². The number of nitrogens with one attached hydrogen (secondary N) is 2. The summed E-state index contributed by atoms with van der Waals surface area (Å²) in [5.74, 6) is -0.0881. The van der Waals surface area contributed by atoms with Gasteiger partial charge in [0.25, 0.3) is 0 Å². The van der Waals surface area contributed by atoms with Gasteiger partial charge in [-0.15, -0.1) is 0 Å². The summed E-state index contributed by atoms with van der Waals surface area (Å²) in [6.45, 7) is 7.44. The predicted molar refractivity (Wildman–Crippen MR) is 68.6 cm³/mol. The van der Waals surface area contributed by atoms with E-state index in [1.807, 2.05) is 20.8 Å². The summed E-state index contributed by atoms with van der Waals surface area (Å²) in [7, 11) is 0. The summed E-state index contributed by atoms with van der Waals surface area (Å²) in [4.78, 5) is 22.8. The summed E-state index contributed by atoms with van der Waals surface area (Å²) < 4.78 is 0. The van der Waals surface area contributed by atoms with Crippen LogP contribution in [0.15, 0.2) is 0 Å². The van der Waals surface area contributed by atoms with Crippen molar-refractivity contribution in [2.45, 2.75) is 52.1 Å². The minimum atomic E-state index is -0.557. The van der Waals surface area contributed by atoms with Gasteiger partial charge in [0.1, 0.15) is 6.04 Å². The molecule has 0 aromatic carbocycles. The lowest BCUT2D eigenvalue weighted by Crippen LogP contribution is -2.54. The third-order valence-electron chi connectivity index (χ3n) is 2.86. The molecule has 5 heteroatoms. The topological polar surface area (TPSA) is 58.2 Å². The van der Waals surface area contributed by atoms with Crippen LogP contribution in [0.4, 0.5) is 0 Å². The summed E-state index contributed by atoms with van der Waals surface area (Å²) in [6, 6.07) is -0.557. The lowest BCUT2D eigenvalue weighted by atomic mass is 9.95. The molecule has 0 aliphatic heterocycles. The number of amides is 2. The van der Waals surface area contributed by atoms with Crippen LogP contribution in [0, 0.1) is 0 Å². The molecule has 0 bridgehead atoms. The van der Waals surface area contributed by atoms with Crippen molar-refractivity contribution in [3.05, 3.63) is 0 Å². The van der Waals surface area contributed by atoms with Crippen molar-refractivity contribution in [3.63, 3.8) is 0 Å². The Kier molecular flexibility index (Phi) is 6.48. The second-order valence-corrected chi connectivity index (χ2v) is 4.56. The molecule has 0 heterocycles. The van der Waals surface area contributed by atoms with Gasteiger partial charge in [-0.25, -0.2) is 0 Å². The lowest BCUT2D eigenvalue weighted by molar-refractivity contribution is -0.128. The van der Waals surface area contributed by atoms with Crippen LogP contribution in [0.2, 0.25) is 0 Å². The van der Waals surface area contributed by atoms with E-state index in [0.717, 1.165) is 12.8 Å². The molecule has 0 fully saturated rings. The zero-order chi connectivity index (χ0) is 12.8. The number of thiol groups is 1. The molecule has 0 saturated carbocycles. The highest BCUT2D eigenvalue weighted by Gasteiger charge is 2.26. The Balaban J connectivity index is 4.46. The first-order valence-electron chi connectivity index (χ1n) is 5.58. The van der Waals surface area contributed by atoms with Gasteiger partial charge in [-0.05, 0) is 19.8 Å². The van der Waals surface area contributed by atoms with Gasteiger partial charge < -0.3 is 10.6 Å². The van der Waals surface area contributed by atoms with Crippen molar-refractivity contribution in [1.29, 1.82) is 0 Å². The van der Waals surface area contributed by atoms with E-state index >= 15 is 0 Å². The van der Waals surface area contributed by atoms with Crippen LogP contribution in [0.5, 0.6) is 0 Å². The standard InChI is InChI=1S/C11H22N2O2S/c1-5-11(4,6-2)13-10(15)9(7-16)12-8(3)14/h9,16H,5-7H2,1-4H3,(H,12,14)(H,13,15). The molecule has 94 valence electrons. The normalized spacial score (nSPS) is 13.1. The molecule has 1 atom stereocenters. The van der Waals surface area contributed by atoms with E-state index in [2.05, 4.69) is 23.3 Å². The van der Waals surface area contributed by atoms with Crippen LogP contribution in [0.3, 0.4) is 0 Å². The maximum Gasteiger partial charge on any atom is 0.243 e. The fourth-order valence-electron chi connectivity index (χ4n) is 1.25. The SMILES string of the molecule is CCC(C)(CC)NC(=O)C(CS)NC(C)=O. The minimum Gasteiger partial charge on any atom is -0.349 e. The Morgan fingerprint density at radius 3 is 2.12 bits per heavy atom. The van der Waals surface area contributed by atoms with Crippen LogP contribution in [0.25, 0.3) is 0 Å². The molecule has 2 amide bonds. The van der Waals surface area contributed by atoms with Crippen LogP contribution < -0.4 is 10.6 Å². The third-order valence-corrected chi connectivity index (χ3v) is 3.23. The summed E-state index contributed by atoms with van der Waals surface area (Å²) in [5, 5.41) is 5.52. The maximum atomic E-state index is 11.9. The molecule has 1 unspecified atom stereocenters. The average molecular weight is 246 g/mol. The van der Waals surface area contributed by atoms with Crippen LogP contribution in [-0.4, -0.2) is 29.1 Å². The molecule has 0 radical (unpaired) electrons. The lowest BCUT2D eigenvalue weighted by Gasteiger charge is -2.30. The summed E-state index contributed by atoms with van der Waals surface area (Å²) >= 11 is 4.06. The van der Waals surface area contributed by atoms with E-state index in [0.29, 0.717) is 5.75 Å². The molecule has 0 aliphatic rings. The minimum absolute atomic E-state index is 0.170. The molecule has 16 heavy (non-hydrogen) atoms. The van der Waals surface area contributed by atoms with Crippen molar-refractivity contribution in [2.75, 3.05) is 5.75 Å². The molecule has 4 nitrogen and oxygen atoms in total. The Morgan fingerprint density at radius 2 is 1.81 bits per heavy atom. The molecular weight excluding hydrogens is 224 g/mol. The summed E-state index contributed by atoms with van der Waals surface area (Å²) in [5.41, 5.74) is -0.212. The second kappa shape index (κ2) is 6.78. The molecule has 0 aromatic rings. The molecule has 2 N–H and O–H groups in total. The van der Waals surface area contributed by atoms with Gasteiger partial charge >= 0.3 is 0 Å². The van der Waals surface area contributed by atoms with Gasteiger partial charge in [-0.1, -0.05) is 13.8 Å². The van der Waals surface area contributed by atoms with E-state index in [1.54, 1.807) is 0 Å². The molecule has 0 saturated heterocycles. The zero-order valence-corrected chi connectivity index (χ0v) is 11.4. The van der Waals surface area contributed by atoms with Crippen molar-refractivity contribution >= 4 is 24.4 Å². The quantitative estimate of drug-likeness (QED) is 0.615. The van der Waals surface area contributed by atoms with Gasteiger partial charge in [-0.2, -0.15) is 12.6 Å². The first-order chi connectivity index (χ1) is 7.38. The van der Waals surface area contributed by atoms with Gasteiger partial charge in [-0.3, -0.25) is 9.59 Å². The monoisotopic (exact) mass is 246 g/mol. The fourth-order valence-corrected chi connectivity index (χ4v) is 1.51. The van der Waals surface area contributed by atoms with Crippen LogP contribution >= 0.6 is 12.6 Å². The Hall–Kier alpha value is -0.710. The largest absolute Gasteiger partial charge is 0.349 e. The number of carbonyl (C=O) groups excluding carboxylic acids is 2. The predicted octanol–water partition coefficient (Wildman–Crippen LogP) is 1.12. The Bertz CT molecular complexity index is 252. The van der Waals surface area contributed by atoms with E-state index in [1.165, 1.54) is 6.92 Å². The van der Waals surface area contributed by atoms with Gasteiger partial charge in [0.15, 0.2) is 0 Å². The Labute approximate surface area is 103 Å². The summed E-state index contributed by atoms with van der Waals surface area (Å²) in [6.07, 6.45) is 1.71. The Morgan fingerprint density at radius 1 is 1.31 bits per heavy atom. The first-order valence-corrected chi connectivity index (χ1v) is 6.21.